The van der Waals surface area contributed by atoms with Crippen LogP contribution in [-0.4, -0.2) is 43.6 Å². The van der Waals surface area contributed by atoms with Gasteiger partial charge in [-0.1, -0.05) is 23.4 Å². The third-order valence-corrected chi connectivity index (χ3v) is 4.48. The first-order valence-corrected chi connectivity index (χ1v) is 8.81. The van der Waals surface area contributed by atoms with Crippen molar-refractivity contribution in [2.24, 2.45) is 7.05 Å². The third kappa shape index (κ3) is 4.61. The van der Waals surface area contributed by atoms with Gasteiger partial charge in [0.25, 0.3) is 5.22 Å². The Labute approximate surface area is 154 Å². The first-order valence-electron chi connectivity index (χ1n) is 7.45. The SMILES string of the molecule is CN(Cc1cnn(C)c1)C(=O)CSc1nnc(-c2ccc(Cl)cc2)o1. The fraction of sp³-hybridized carbons (Fsp3) is 0.250. The lowest BCUT2D eigenvalue weighted by atomic mass is 10.2. The molecule has 0 N–H and O–H groups in total. The Kier molecular flexibility index (Phi) is 5.40. The molecule has 25 heavy (non-hydrogen) atoms. The largest absolute Gasteiger partial charge is 0.411 e. The van der Waals surface area contributed by atoms with E-state index in [4.69, 9.17) is 16.0 Å². The smallest absolute Gasteiger partial charge is 0.277 e. The highest BCUT2D eigenvalue weighted by Gasteiger charge is 2.14. The monoisotopic (exact) mass is 377 g/mol. The van der Waals surface area contributed by atoms with Gasteiger partial charge in [-0.15, -0.1) is 10.2 Å². The molecule has 1 aromatic carbocycles. The van der Waals surface area contributed by atoms with Crippen molar-refractivity contribution in [3.63, 3.8) is 0 Å². The molecule has 0 aliphatic heterocycles. The fourth-order valence-corrected chi connectivity index (χ4v) is 2.96. The molecule has 0 saturated heterocycles. The van der Waals surface area contributed by atoms with Crippen molar-refractivity contribution in [3.8, 4) is 11.5 Å². The van der Waals surface area contributed by atoms with Gasteiger partial charge in [0.1, 0.15) is 0 Å². The number of aryl methyl sites for hydroxylation is 1. The first kappa shape index (κ1) is 17.5. The first-order chi connectivity index (χ1) is 12.0. The average Bonchev–Trinajstić information content (AvgIpc) is 3.22. The van der Waals surface area contributed by atoms with Crippen LogP contribution in [0.5, 0.6) is 0 Å². The van der Waals surface area contributed by atoms with Crippen LogP contribution in [0.3, 0.4) is 0 Å². The Morgan fingerprint density at radius 3 is 2.76 bits per heavy atom. The molecule has 1 amide bonds. The van der Waals surface area contributed by atoms with E-state index < -0.39 is 0 Å². The topological polar surface area (TPSA) is 77.1 Å². The summed E-state index contributed by atoms with van der Waals surface area (Å²) in [6.45, 7) is 0.507. The maximum atomic E-state index is 12.2. The van der Waals surface area contributed by atoms with Gasteiger partial charge >= 0.3 is 0 Å². The van der Waals surface area contributed by atoms with Gasteiger partial charge < -0.3 is 9.32 Å². The van der Waals surface area contributed by atoms with E-state index in [1.54, 1.807) is 47.1 Å². The second-order valence-electron chi connectivity index (χ2n) is 5.44. The molecule has 2 aromatic heterocycles. The number of carbonyl (C=O) groups is 1. The van der Waals surface area contributed by atoms with Gasteiger partial charge in [0.05, 0.1) is 11.9 Å². The number of nitrogens with zero attached hydrogens (tertiary/aromatic N) is 5. The van der Waals surface area contributed by atoms with E-state index >= 15 is 0 Å². The number of hydrogen-bond acceptors (Lipinski definition) is 6. The summed E-state index contributed by atoms with van der Waals surface area (Å²) >= 11 is 7.07. The van der Waals surface area contributed by atoms with E-state index in [-0.39, 0.29) is 11.7 Å². The lowest BCUT2D eigenvalue weighted by Gasteiger charge is -2.15. The molecule has 130 valence electrons. The number of carbonyl (C=O) groups excluding carboxylic acids is 1. The number of aromatic nitrogens is 4. The van der Waals surface area contributed by atoms with Crippen molar-refractivity contribution < 1.29 is 9.21 Å². The van der Waals surface area contributed by atoms with Crippen LogP contribution in [0.1, 0.15) is 5.56 Å². The van der Waals surface area contributed by atoms with Gasteiger partial charge in [-0.05, 0) is 24.3 Å². The van der Waals surface area contributed by atoms with Crippen molar-refractivity contribution in [1.82, 2.24) is 24.9 Å². The number of hydrogen-bond donors (Lipinski definition) is 0. The lowest BCUT2D eigenvalue weighted by molar-refractivity contribution is -0.127. The third-order valence-electron chi connectivity index (χ3n) is 3.42. The molecule has 0 atom stereocenters. The summed E-state index contributed by atoms with van der Waals surface area (Å²) in [4.78, 5) is 13.9. The summed E-state index contributed by atoms with van der Waals surface area (Å²) in [5.41, 5.74) is 1.76. The zero-order chi connectivity index (χ0) is 17.8. The van der Waals surface area contributed by atoms with E-state index in [0.717, 1.165) is 11.1 Å². The molecule has 0 saturated carbocycles. The Bertz CT molecular complexity index is 862. The second kappa shape index (κ2) is 7.71. The van der Waals surface area contributed by atoms with Crippen LogP contribution >= 0.6 is 23.4 Å². The van der Waals surface area contributed by atoms with Gasteiger partial charge in [0, 0.05) is 43.0 Å². The molecule has 0 bridgehead atoms. The molecular weight excluding hydrogens is 362 g/mol. The molecule has 0 spiro atoms. The number of amides is 1. The Morgan fingerprint density at radius 2 is 2.08 bits per heavy atom. The highest BCUT2D eigenvalue weighted by atomic mass is 35.5. The summed E-state index contributed by atoms with van der Waals surface area (Å²) in [6.07, 6.45) is 3.63. The van der Waals surface area contributed by atoms with Crippen LogP contribution in [0.4, 0.5) is 0 Å². The van der Waals surface area contributed by atoms with E-state index in [1.165, 1.54) is 11.8 Å². The highest BCUT2D eigenvalue weighted by Crippen LogP contribution is 2.24. The highest BCUT2D eigenvalue weighted by molar-refractivity contribution is 7.99. The molecule has 0 fully saturated rings. The summed E-state index contributed by atoms with van der Waals surface area (Å²) in [6, 6.07) is 7.11. The van der Waals surface area contributed by atoms with Crippen LogP contribution in [0.15, 0.2) is 46.3 Å². The molecule has 7 nitrogen and oxygen atoms in total. The number of benzene rings is 1. The number of rotatable bonds is 6. The van der Waals surface area contributed by atoms with Crippen molar-refractivity contribution in [2.75, 3.05) is 12.8 Å². The molecule has 0 unspecified atom stereocenters. The minimum Gasteiger partial charge on any atom is -0.411 e. The molecule has 3 rings (SSSR count). The predicted octanol–water partition coefficient (Wildman–Crippen LogP) is 2.87. The molecule has 3 aromatic rings. The van der Waals surface area contributed by atoms with E-state index in [9.17, 15) is 4.79 Å². The predicted molar refractivity (Wildman–Crippen MR) is 95.2 cm³/mol. The second-order valence-corrected chi connectivity index (χ2v) is 6.80. The minimum absolute atomic E-state index is 0.0277. The molecule has 0 aliphatic carbocycles. The maximum Gasteiger partial charge on any atom is 0.277 e. The van der Waals surface area contributed by atoms with Gasteiger partial charge in [-0.3, -0.25) is 9.48 Å². The average molecular weight is 378 g/mol. The Hall–Kier alpha value is -2.32. The van der Waals surface area contributed by atoms with Crippen LogP contribution in [0.2, 0.25) is 5.02 Å². The van der Waals surface area contributed by atoms with Gasteiger partial charge in [-0.2, -0.15) is 5.10 Å². The number of thioether (sulfide) groups is 1. The lowest BCUT2D eigenvalue weighted by Crippen LogP contribution is -2.27. The minimum atomic E-state index is -0.0277. The summed E-state index contributed by atoms with van der Waals surface area (Å²) in [7, 11) is 3.60. The molecule has 0 radical (unpaired) electrons. The van der Waals surface area contributed by atoms with Crippen LogP contribution < -0.4 is 0 Å². The molecule has 0 aliphatic rings. The van der Waals surface area contributed by atoms with E-state index in [0.29, 0.717) is 22.7 Å². The molecule has 2 heterocycles. The zero-order valence-electron chi connectivity index (χ0n) is 13.7. The van der Waals surface area contributed by atoms with Gasteiger partial charge in [-0.25, -0.2) is 0 Å². The maximum absolute atomic E-state index is 12.2. The van der Waals surface area contributed by atoms with Crippen molar-refractivity contribution in [3.05, 3.63) is 47.2 Å². The van der Waals surface area contributed by atoms with Gasteiger partial charge in [0.2, 0.25) is 11.8 Å². The van der Waals surface area contributed by atoms with Crippen LogP contribution in [-0.2, 0) is 18.4 Å². The molecular formula is C16H16ClN5O2S. The summed E-state index contributed by atoms with van der Waals surface area (Å²) < 4.78 is 7.28. The quantitative estimate of drug-likeness (QED) is 0.615. The van der Waals surface area contributed by atoms with Crippen LogP contribution in [0, 0.1) is 0 Å². The standard InChI is InChI=1S/C16H16ClN5O2S/c1-21(8-11-7-18-22(2)9-11)14(23)10-25-16-20-19-15(24-16)12-3-5-13(17)6-4-12/h3-7,9H,8,10H2,1-2H3. The van der Waals surface area contributed by atoms with Crippen molar-refractivity contribution in [2.45, 2.75) is 11.8 Å². The summed E-state index contributed by atoms with van der Waals surface area (Å²) in [5.74, 6) is 0.592. The normalized spacial score (nSPS) is 10.8. The molecule has 9 heteroatoms. The van der Waals surface area contributed by atoms with Gasteiger partial charge in [0.15, 0.2) is 0 Å². The van der Waals surface area contributed by atoms with Crippen molar-refractivity contribution in [1.29, 1.82) is 0 Å². The van der Waals surface area contributed by atoms with Crippen molar-refractivity contribution >= 4 is 29.3 Å². The fourth-order valence-electron chi connectivity index (χ4n) is 2.13. The Balaban J connectivity index is 1.54. The summed E-state index contributed by atoms with van der Waals surface area (Å²) in [5, 5.41) is 13.0. The zero-order valence-corrected chi connectivity index (χ0v) is 15.3. The van der Waals surface area contributed by atoms with E-state index in [1.807, 2.05) is 13.2 Å². The van der Waals surface area contributed by atoms with E-state index in [2.05, 4.69) is 15.3 Å². The Morgan fingerprint density at radius 1 is 1.32 bits per heavy atom. The number of halogens is 1. The van der Waals surface area contributed by atoms with Crippen LogP contribution in [0.25, 0.3) is 11.5 Å².